The van der Waals surface area contributed by atoms with Crippen LogP contribution in [0.25, 0.3) is 0 Å². The van der Waals surface area contributed by atoms with Crippen molar-refractivity contribution in [3.63, 3.8) is 0 Å². The highest BCUT2D eigenvalue weighted by Crippen LogP contribution is 2.28. The van der Waals surface area contributed by atoms with E-state index < -0.39 is 10.8 Å². The quantitative estimate of drug-likeness (QED) is 0.332. The number of thioether (sulfide) groups is 1. The Bertz CT molecular complexity index is 788. The second-order valence-corrected chi connectivity index (χ2v) is 6.46. The number of benzene rings is 2. The van der Waals surface area contributed by atoms with Gasteiger partial charge in [0.1, 0.15) is 6.42 Å². The molecule has 0 aliphatic rings. The number of nitrogens with one attached hydrogen (secondary N) is 1. The Balaban J connectivity index is 1.98. The van der Waals surface area contributed by atoms with Crippen LogP contribution in [0.2, 0.25) is 0 Å². The van der Waals surface area contributed by atoms with Gasteiger partial charge < -0.3 is 5.32 Å². The predicted molar refractivity (Wildman–Crippen MR) is 97.4 cm³/mol. The molecule has 2 rings (SSSR count). The van der Waals surface area contributed by atoms with Crippen LogP contribution in [0.5, 0.6) is 0 Å². The van der Waals surface area contributed by atoms with Crippen molar-refractivity contribution >= 4 is 29.0 Å². The van der Waals surface area contributed by atoms with Gasteiger partial charge >= 0.3 is 0 Å². The first kappa shape index (κ1) is 18.5. The van der Waals surface area contributed by atoms with E-state index in [9.17, 15) is 14.9 Å². The SMILES string of the molecule is N#CCC(=O)Nc1cc(SCCCc2ccccc2)cc([N+](=O)[O-])c1. The second kappa shape index (κ2) is 9.45. The summed E-state index contributed by atoms with van der Waals surface area (Å²) in [4.78, 5) is 22.8. The number of nitrogens with zero attached hydrogens (tertiary/aromatic N) is 2. The molecule has 0 atom stereocenters. The average Bonchev–Trinajstić information content (AvgIpc) is 2.59. The number of nitro groups is 1. The van der Waals surface area contributed by atoms with Gasteiger partial charge in [-0.25, -0.2) is 0 Å². The number of hydrogen-bond acceptors (Lipinski definition) is 5. The number of carbonyl (C=O) groups is 1. The monoisotopic (exact) mass is 355 g/mol. The summed E-state index contributed by atoms with van der Waals surface area (Å²) in [5.41, 5.74) is 1.51. The summed E-state index contributed by atoms with van der Waals surface area (Å²) in [6, 6.07) is 16.3. The smallest absolute Gasteiger partial charge is 0.272 e. The summed E-state index contributed by atoms with van der Waals surface area (Å²) in [7, 11) is 0. The predicted octanol–water partition coefficient (Wildman–Crippen LogP) is 4.17. The number of amides is 1. The Morgan fingerprint density at radius 1 is 1.24 bits per heavy atom. The molecule has 0 aliphatic carbocycles. The number of hydrogen-bond donors (Lipinski definition) is 1. The Kier molecular flexibility index (Phi) is 6.99. The van der Waals surface area contributed by atoms with E-state index in [-0.39, 0.29) is 12.1 Å². The van der Waals surface area contributed by atoms with E-state index in [2.05, 4.69) is 17.4 Å². The Hall–Kier alpha value is -2.85. The number of nitro benzene ring substituents is 1. The van der Waals surface area contributed by atoms with Crippen molar-refractivity contribution in [2.45, 2.75) is 24.2 Å². The topological polar surface area (TPSA) is 96.0 Å². The van der Waals surface area contributed by atoms with Crippen LogP contribution >= 0.6 is 11.8 Å². The van der Waals surface area contributed by atoms with Gasteiger partial charge in [-0.15, -0.1) is 11.8 Å². The first-order valence-electron chi connectivity index (χ1n) is 7.71. The maximum atomic E-state index is 11.5. The molecule has 2 aromatic carbocycles. The fourth-order valence-electron chi connectivity index (χ4n) is 2.23. The highest BCUT2D eigenvalue weighted by atomic mass is 32.2. The molecular weight excluding hydrogens is 338 g/mol. The third-order valence-electron chi connectivity index (χ3n) is 3.35. The number of non-ortho nitro benzene ring substituents is 1. The molecule has 0 saturated carbocycles. The fraction of sp³-hybridized carbons (Fsp3) is 0.222. The van der Waals surface area contributed by atoms with E-state index in [4.69, 9.17) is 5.26 Å². The summed E-state index contributed by atoms with van der Waals surface area (Å²) in [6.45, 7) is 0. The minimum Gasteiger partial charge on any atom is -0.325 e. The molecule has 6 nitrogen and oxygen atoms in total. The minimum atomic E-state index is -0.492. The van der Waals surface area contributed by atoms with E-state index >= 15 is 0 Å². The zero-order valence-corrected chi connectivity index (χ0v) is 14.3. The summed E-state index contributed by atoms with van der Waals surface area (Å²) in [6.07, 6.45) is 1.59. The standard InChI is InChI=1S/C18H17N3O3S/c19-9-8-18(22)20-15-11-16(21(23)24)13-17(12-15)25-10-4-7-14-5-2-1-3-6-14/h1-3,5-6,11-13H,4,7-8,10H2,(H,20,22). The zero-order valence-electron chi connectivity index (χ0n) is 13.5. The summed E-state index contributed by atoms with van der Waals surface area (Å²) < 4.78 is 0. The van der Waals surface area contributed by atoms with Gasteiger partial charge in [0, 0.05) is 22.7 Å². The van der Waals surface area contributed by atoms with E-state index in [1.807, 2.05) is 18.2 Å². The highest BCUT2D eigenvalue weighted by Gasteiger charge is 2.12. The van der Waals surface area contributed by atoms with Gasteiger partial charge in [-0.05, 0) is 30.2 Å². The Morgan fingerprint density at radius 2 is 2.00 bits per heavy atom. The molecule has 1 N–H and O–H groups in total. The molecule has 0 aromatic heterocycles. The maximum absolute atomic E-state index is 11.5. The van der Waals surface area contributed by atoms with E-state index in [1.54, 1.807) is 12.1 Å². The van der Waals surface area contributed by atoms with Gasteiger partial charge in [0.25, 0.3) is 5.69 Å². The maximum Gasteiger partial charge on any atom is 0.272 e. The van der Waals surface area contributed by atoms with E-state index in [0.717, 1.165) is 23.5 Å². The Labute approximate surface area is 150 Å². The zero-order chi connectivity index (χ0) is 18.1. The average molecular weight is 355 g/mol. The Morgan fingerprint density at radius 3 is 2.68 bits per heavy atom. The number of nitriles is 1. The molecule has 0 unspecified atom stereocenters. The van der Waals surface area contributed by atoms with Crippen molar-refractivity contribution in [1.82, 2.24) is 0 Å². The second-order valence-electron chi connectivity index (χ2n) is 5.29. The first-order valence-corrected chi connectivity index (χ1v) is 8.70. The molecule has 25 heavy (non-hydrogen) atoms. The lowest BCUT2D eigenvalue weighted by Crippen LogP contribution is -2.10. The molecule has 0 radical (unpaired) electrons. The lowest BCUT2D eigenvalue weighted by molar-refractivity contribution is -0.385. The summed E-state index contributed by atoms with van der Waals surface area (Å²) in [5, 5.41) is 22.1. The first-order chi connectivity index (χ1) is 12.1. The van der Waals surface area contributed by atoms with Gasteiger partial charge in [-0.2, -0.15) is 5.26 Å². The van der Waals surface area contributed by atoms with Gasteiger partial charge in [-0.3, -0.25) is 14.9 Å². The third-order valence-corrected chi connectivity index (χ3v) is 4.41. The highest BCUT2D eigenvalue weighted by molar-refractivity contribution is 7.99. The van der Waals surface area contributed by atoms with Crippen LogP contribution in [0.3, 0.4) is 0 Å². The van der Waals surface area contributed by atoms with Crippen LogP contribution < -0.4 is 5.32 Å². The van der Waals surface area contributed by atoms with Crippen molar-refractivity contribution in [1.29, 1.82) is 5.26 Å². The van der Waals surface area contributed by atoms with Crippen LogP contribution in [0, 0.1) is 21.4 Å². The molecule has 1 amide bonds. The molecule has 0 saturated heterocycles. The molecule has 0 bridgehead atoms. The van der Waals surface area contributed by atoms with Gasteiger partial charge in [0.15, 0.2) is 0 Å². The molecule has 7 heteroatoms. The molecule has 2 aromatic rings. The molecule has 0 fully saturated rings. The van der Waals surface area contributed by atoms with Crippen LogP contribution in [-0.4, -0.2) is 16.6 Å². The van der Waals surface area contributed by atoms with Crippen LogP contribution in [0.15, 0.2) is 53.4 Å². The van der Waals surface area contributed by atoms with Gasteiger partial charge in [0.2, 0.25) is 5.91 Å². The normalized spacial score (nSPS) is 10.0. The molecular formula is C18H17N3O3S. The fourth-order valence-corrected chi connectivity index (χ4v) is 3.17. The summed E-state index contributed by atoms with van der Waals surface area (Å²) in [5.74, 6) is 0.324. The number of anilines is 1. The van der Waals surface area contributed by atoms with Gasteiger partial charge in [-0.1, -0.05) is 30.3 Å². The lowest BCUT2D eigenvalue weighted by Gasteiger charge is -2.07. The van der Waals surface area contributed by atoms with Crippen molar-refractivity contribution in [3.8, 4) is 6.07 Å². The largest absolute Gasteiger partial charge is 0.325 e. The summed E-state index contributed by atoms with van der Waals surface area (Å²) >= 11 is 1.51. The molecule has 0 aliphatic heterocycles. The number of carbonyl (C=O) groups excluding carboxylic acids is 1. The van der Waals surface area contributed by atoms with E-state index in [1.165, 1.54) is 29.5 Å². The van der Waals surface area contributed by atoms with Crippen LogP contribution in [-0.2, 0) is 11.2 Å². The molecule has 0 heterocycles. The van der Waals surface area contributed by atoms with Crippen molar-refractivity contribution in [3.05, 3.63) is 64.2 Å². The third kappa shape index (κ3) is 6.28. The van der Waals surface area contributed by atoms with Crippen LogP contribution in [0.1, 0.15) is 18.4 Å². The lowest BCUT2D eigenvalue weighted by atomic mass is 10.1. The molecule has 128 valence electrons. The molecule has 0 spiro atoms. The van der Waals surface area contributed by atoms with E-state index in [0.29, 0.717) is 5.69 Å². The van der Waals surface area contributed by atoms with Crippen LogP contribution in [0.4, 0.5) is 11.4 Å². The van der Waals surface area contributed by atoms with Crippen molar-refractivity contribution in [2.24, 2.45) is 0 Å². The van der Waals surface area contributed by atoms with Crippen molar-refractivity contribution in [2.75, 3.05) is 11.1 Å². The number of aryl methyl sites for hydroxylation is 1. The number of rotatable bonds is 8. The van der Waals surface area contributed by atoms with Gasteiger partial charge in [0.05, 0.1) is 11.0 Å². The van der Waals surface area contributed by atoms with Crippen molar-refractivity contribution < 1.29 is 9.72 Å². The minimum absolute atomic E-state index is 0.0830.